The van der Waals surface area contributed by atoms with Gasteiger partial charge < -0.3 is 9.47 Å². The van der Waals surface area contributed by atoms with Crippen LogP contribution in [0.1, 0.15) is 0 Å². The van der Waals surface area contributed by atoms with Crippen LogP contribution in [0.2, 0.25) is 0 Å². The summed E-state index contributed by atoms with van der Waals surface area (Å²) in [7, 11) is 0. The third-order valence-corrected chi connectivity index (χ3v) is 12.3. The number of hydrogen-bond donors (Lipinski definition) is 0. The molecule has 0 aliphatic heterocycles. The van der Waals surface area contributed by atoms with Crippen LogP contribution in [-0.2, 0) is 0 Å². The summed E-state index contributed by atoms with van der Waals surface area (Å²) < 4.78 is 2.50. The second kappa shape index (κ2) is 13.9. The largest absolute Gasteiger partial charge is 0.310 e. The molecular weight excluding hydrogens is 725 g/mol. The van der Waals surface area contributed by atoms with Crippen LogP contribution in [0, 0.1) is 0 Å². The van der Waals surface area contributed by atoms with E-state index in [1.807, 2.05) is 0 Å². The molecule has 60 heavy (non-hydrogen) atoms. The van der Waals surface area contributed by atoms with Gasteiger partial charge in [-0.1, -0.05) is 176 Å². The van der Waals surface area contributed by atoms with Crippen LogP contribution >= 0.6 is 0 Å². The minimum atomic E-state index is 1.10. The first-order chi connectivity index (χ1) is 29.8. The highest BCUT2D eigenvalue weighted by Crippen LogP contribution is 2.47. The Kier molecular flexibility index (Phi) is 7.89. The summed E-state index contributed by atoms with van der Waals surface area (Å²) in [5.41, 5.74) is 11.7. The molecule has 1 heterocycles. The third kappa shape index (κ3) is 5.50. The predicted molar refractivity (Wildman–Crippen MR) is 256 cm³/mol. The van der Waals surface area contributed by atoms with Crippen molar-refractivity contribution >= 4 is 82.0 Å². The molecule has 0 radical (unpaired) electrons. The Balaban J connectivity index is 1.19. The Morgan fingerprint density at radius 1 is 0.317 bits per heavy atom. The van der Waals surface area contributed by atoms with Crippen LogP contribution in [0.5, 0.6) is 0 Å². The van der Waals surface area contributed by atoms with Gasteiger partial charge in [0, 0.05) is 38.6 Å². The van der Waals surface area contributed by atoms with Gasteiger partial charge in [0.15, 0.2) is 0 Å². The zero-order chi connectivity index (χ0) is 39.6. The number of hydrogen-bond acceptors (Lipinski definition) is 1. The van der Waals surface area contributed by atoms with Crippen molar-refractivity contribution in [3.63, 3.8) is 0 Å². The molecule has 0 aliphatic rings. The van der Waals surface area contributed by atoms with Gasteiger partial charge in [-0.2, -0.15) is 0 Å². The summed E-state index contributed by atoms with van der Waals surface area (Å²) in [5.74, 6) is 0. The molecule has 0 amide bonds. The molecule has 12 rings (SSSR count). The fraction of sp³-hybridized carbons (Fsp3) is 0. The summed E-state index contributed by atoms with van der Waals surface area (Å²) in [6.45, 7) is 0. The Bertz CT molecular complexity index is 3580. The number of nitrogens with zero attached hydrogens (tertiary/aromatic N) is 2. The molecule has 0 spiro atoms. The quantitative estimate of drug-likeness (QED) is 0.153. The van der Waals surface area contributed by atoms with Gasteiger partial charge in [-0.25, -0.2) is 0 Å². The minimum Gasteiger partial charge on any atom is -0.310 e. The van der Waals surface area contributed by atoms with Crippen LogP contribution in [0.3, 0.4) is 0 Å². The van der Waals surface area contributed by atoms with E-state index in [1.165, 1.54) is 87.1 Å². The molecule has 11 aromatic carbocycles. The summed E-state index contributed by atoms with van der Waals surface area (Å²) in [4.78, 5) is 2.46. The van der Waals surface area contributed by atoms with Gasteiger partial charge >= 0.3 is 0 Å². The predicted octanol–water partition coefficient (Wildman–Crippen LogP) is 16.2. The zero-order valence-corrected chi connectivity index (χ0v) is 32.8. The van der Waals surface area contributed by atoms with E-state index >= 15 is 0 Å². The highest BCUT2D eigenvalue weighted by atomic mass is 15.1. The number of anilines is 3. The third-order valence-electron chi connectivity index (χ3n) is 12.3. The molecule has 0 saturated heterocycles. The van der Waals surface area contributed by atoms with Crippen molar-refractivity contribution in [1.82, 2.24) is 4.57 Å². The van der Waals surface area contributed by atoms with Crippen LogP contribution in [-0.4, -0.2) is 4.57 Å². The number of rotatable bonds is 6. The number of fused-ring (bicyclic) bond motifs is 9. The maximum absolute atomic E-state index is 2.50. The fourth-order valence-corrected chi connectivity index (χ4v) is 9.52. The summed E-state index contributed by atoms with van der Waals surface area (Å²) in [6, 6.07) is 84.4. The SMILES string of the molecule is c1ccc(-c2ccc(N(c3ccc4c(c3)c3c(-c5ccccc5)cc5ccccc5c3n4-c3ccc4ccccc4c3)c3cc4ccccc4c4ccccc34)cc2)cc1. The van der Waals surface area contributed by atoms with Gasteiger partial charge in [0.25, 0.3) is 0 Å². The molecule has 1 aromatic heterocycles. The van der Waals surface area contributed by atoms with E-state index in [2.05, 4.69) is 240 Å². The van der Waals surface area contributed by atoms with E-state index in [0.29, 0.717) is 0 Å². The Morgan fingerprint density at radius 2 is 0.883 bits per heavy atom. The Morgan fingerprint density at radius 3 is 1.63 bits per heavy atom. The van der Waals surface area contributed by atoms with E-state index in [-0.39, 0.29) is 0 Å². The fourth-order valence-electron chi connectivity index (χ4n) is 9.52. The summed E-state index contributed by atoms with van der Waals surface area (Å²) in [6.07, 6.45) is 0. The molecule has 0 bridgehead atoms. The standard InChI is InChI=1S/C58H38N2/c1-3-15-39(16-4-1)41-27-30-46(31-28-41)59(56-37-45-22-9-11-23-49(45)51-25-13-14-26-52(51)56)48-33-34-55-54(38-48)57-53(42-18-5-2-6-19-42)36-44-21-10-12-24-50(44)58(57)60(55)47-32-29-40-17-7-8-20-43(40)35-47/h1-38H. The van der Waals surface area contributed by atoms with Crippen molar-refractivity contribution in [2.75, 3.05) is 4.90 Å². The number of aromatic nitrogens is 1. The highest BCUT2D eigenvalue weighted by molar-refractivity contribution is 6.25. The molecule has 0 saturated carbocycles. The molecule has 12 aromatic rings. The maximum Gasteiger partial charge on any atom is 0.0625 e. The van der Waals surface area contributed by atoms with Crippen molar-refractivity contribution in [2.45, 2.75) is 0 Å². The second-order valence-electron chi connectivity index (χ2n) is 15.7. The average Bonchev–Trinajstić information content (AvgIpc) is 3.67. The molecule has 280 valence electrons. The number of benzene rings is 11. The maximum atomic E-state index is 2.50. The first-order valence-corrected chi connectivity index (χ1v) is 20.7. The first-order valence-electron chi connectivity index (χ1n) is 20.7. The van der Waals surface area contributed by atoms with E-state index in [1.54, 1.807) is 0 Å². The van der Waals surface area contributed by atoms with Crippen molar-refractivity contribution in [3.05, 3.63) is 231 Å². The molecule has 0 unspecified atom stereocenters. The van der Waals surface area contributed by atoms with Crippen molar-refractivity contribution < 1.29 is 0 Å². The van der Waals surface area contributed by atoms with Gasteiger partial charge in [0.05, 0.1) is 16.7 Å². The molecular formula is C58H38N2. The lowest BCUT2D eigenvalue weighted by Gasteiger charge is -2.28. The normalized spacial score (nSPS) is 11.7. The van der Waals surface area contributed by atoms with Crippen molar-refractivity contribution in [3.8, 4) is 27.9 Å². The topological polar surface area (TPSA) is 8.17 Å². The van der Waals surface area contributed by atoms with E-state index in [9.17, 15) is 0 Å². The van der Waals surface area contributed by atoms with Gasteiger partial charge in [-0.15, -0.1) is 0 Å². The van der Waals surface area contributed by atoms with Gasteiger partial charge in [0.1, 0.15) is 0 Å². The Labute approximate surface area is 348 Å². The highest BCUT2D eigenvalue weighted by Gasteiger charge is 2.23. The van der Waals surface area contributed by atoms with Gasteiger partial charge in [-0.3, -0.25) is 0 Å². The van der Waals surface area contributed by atoms with E-state index < -0.39 is 0 Å². The second-order valence-corrected chi connectivity index (χ2v) is 15.7. The molecule has 2 heteroatoms. The van der Waals surface area contributed by atoms with Crippen LogP contribution in [0.25, 0.3) is 92.8 Å². The smallest absolute Gasteiger partial charge is 0.0625 e. The molecule has 0 aliphatic carbocycles. The van der Waals surface area contributed by atoms with Gasteiger partial charge in [-0.05, 0) is 109 Å². The summed E-state index contributed by atoms with van der Waals surface area (Å²) in [5, 5.41) is 12.3. The lowest BCUT2D eigenvalue weighted by atomic mass is 9.95. The minimum absolute atomic E-state index is 1.10. The monoisotopic (exact) mass is 762 g/mol. The Hall–Kier alpha value is -7.94. The van der Waals surface area contributed by atoms with Crippen LogP contribution in [0.15, 0.2) is 231 Å². The molecule has 0 N–H and O–H groups in total. The molecule has 0 atom stereocenters. The summed E-state index contributed by atoms with van der Waals surface area (Å²) >= 11 is 0. The van der Waals surface area contributed by atoms with Crippen LogP contribution in [0.4, 0.5) is 17.1 Å². The van der Waals surface area contributed by atoms with Crippen LogP contribution < -0.4 is 4.90 Å². The van der Waals surface area contributed by atoms with E-state index in [0.717, 1.165) is 22.7 Å². The van der Waals surface area contributed by atoms with Gasteiger partial charge in [0.2, 0.25) is 0 Å². The first kappa shape index (κ1) is 34.1. The lowest BCUT2D eigenvalue weighted by Crippen LogP contribution is -2.10. The van der Waals surface area contributed by atoms with Crippen molar-refractivity contribution in [1.29, 1.82) is 0 Å². The lowest BCUT2D eigenvalue weighted by molar-refractivity contribution is 1.19. The van der Waals surface area contributed by atoms with E-state index in [4.69, 9.17) is 0 Å². The van der Waals surface area contributed by atoms with Crippen molar-refractivity contribution in [2.24, 2.45) is 0 Å². The molecule has 0 fully saturated rings. The average molecular weight is 763 g/mol. The zero-order valence-electron chi connectivity index (χ0n) is 32.8. The molecule has 2 nitrogen and oxygen atoms in total.